The van der Waals surface area contributed by atoms with Gasteiger partial charge in [-0.2, -0.15) is 15.1 Å². The maximum atomic E-state index is 4.64. The van der Waals surface area contributed by atoms with Crippen LogP contribution in [0.25, 0.3) is 11.0 Å². The van der Waals surface area contributed by atoms with Crippen LogP contribution in [0.1, 0.15) is 19.3 Å². The Bertz CT molecular complexity index is 591. The number of hydrogen-bond acceptors (Lipinski definition) is 5. The van der Waals surface area contributed by atoms with Gasteiger partial charge in [0.15, 0.2) is 5.65 Å². The van der Waals surface area contributed by atoms with Crippen molar-refractivity contribution in [1.82, 2.24) is 20.2 Å². The highest BCUT2D eigenvalue weighted by Crippen LogP contribution is 2.41. The number of aromatic nitrogens is 4. The molecule has 2 aromatic heterocycles. The molecular formula is C12H16N6. The second-order valence-electron chi connectivity index (χ2n) is 5.24. The van der Waals surface area contributed by atoms with Crippen molar-refractivity contribution < 1.29 is 0 Å². The van der Waals surface area contributed by atoms with Crippen molar-refractivity contribution in [2.75, 3.05) is 23.8 Å². The van der Waals surface area contributed by atoms with Crippen LogP contribution in [0.4, 0.5) is 11.8 Å². The van der Waals surface area contributed by atoms with Gasteiger partial charge in [-0.05, 0) is 25.2 Å². The summed E-state index contributed by atoms with van der Waals surface area (Å²) >= 11 is 0. The van der Waals surface area contributed by atoms with Gasteiger partial charge < -0.3 is 10.2 Å². The standard InChI is InChI=1S/C12H16N6/c1-13-12-15-10-9(5-14-17-10)11(16-12)18-6-7-2-3-8(18)4-7/h5,7-8H,2-4,6H2,1H3,(H2,13,14,15,16,17). The molecule has 2 unspecified atom stereocenters. The van der Waals surface area contributed by atoms with E-state index in [4.69, 9.17) is 0 Å². The van der Waals surface area contributed by atoms with E-state index in [1.807, 2.05) is 13.2 Å². The molecule has 1 saturated heterocycles. The SMILES string of the molecule is CNc1nc(N2CC3CCC2C3)c2cn[nH]c2n1. The molecule has 94 valence electrons. The van der Waals surface area contributed by atoms with Crippen LogP contribution in [-0.4, -0.2) is 39.8 Å². The number of nitrogens with one attached hydrogen (secondary N) is 2. The first-order valence-electron chi connectivity index (χ1n) is 6.50. The van der Waals surface area contributed by atoms with E-state index in [2.05, 4.69) is 30.4 Å². The second-order valence-corrected chi connectivity index (χ2v) is 5.24. The molecule has 4 rings (SSSR count). The summed E-state index contributed by atoms with van der Waals surface area (Å²) in [6, 6.07) is 0.660. The number of piperidine rings is 1. The monoisotopic (exact) mass is 244 g/mol. The summed E-state index contributed by atoms with van der Waals surface area (Å²) in [5.41, 5.74) is 0.812. The first-order valence-corrected chi connectivity index (χ1v) is 6.50. The number of rotatable bonds is 2. The van der Waals surface area contributed by atoms with Gasteiger partial charge in [0.25, 0.3) is 0 Å². The Hall–Kier alpha value is -1.85. The molecule has 2 fully saturated rings. The molecule has 3 heterocycles. The summed E-state index contributed by atoms with van der Waals surface area (Å²) in [7, 11) is 1.84. The zero-order valence-electron chi connectivity index (χ0n) is 10.3. The Kier molecular flexibility index (Phi) is 2.00. The lowest BCUT2D eigenvalue weighted by atomic mass is 10.1. The Morgan fingerprint density at radius 3 is 3.06 bits per heavy atom. The maximum absolute atomic E-state index is 4.64. The third-order valence-electron chi connectivity index (χ3n) is 4.19. The third-order valence-corrected chi connectivity index (χ3v) is 4.19. The van der Waals surface area contributed by atoms with Crippen molar-refractivity contribution in [3.63, 3.8) is 0 Å². The fourth-order valence-electron chi connectivity index (χ4n) is 3.33. The van der Waals surface area contributed by atoms with Crippen LogP contribution < -0.4 is 10.2 Å². The Morgan fingerprint density at radius 2 is 2.33 bits per heavy atom. The predicted molar refractivity (Wildman–Crippen MR) is 69.7 cm³/mol. The van der Waals surface area contributed by atoms with Crippen molar-refractivity contribution in [3.8, 4) is 0 Å². The molecule has 2 N–H and O–H groups in total. The van der Waals surface area contributed by atoms with Gasteiger partial charge in [0.1, 0.15) is 5.82 Å². The van der Waals surface area contributed by atoms with E-state index >= 15 is 0 Å². The van der Waals surface area contributed by atoms with Crippen LogP contribution in [0, 0.1) is 5.92 Å². The van der Waals surface area contributed by atoms with Crippen LogP contribution in [-0.2, 0) is 0 Å². The molecule has 2 aliphatic rings. The lowest BCUT2D eigenvalue weighted by Gasteiger charge is -2.28. The summed E-state index contributed by atoms with van der Waals surface area (Å²) < 4.78 is 0. The molecule has 1 saturated carbocycles. The van der Waals surface area contributed by atoms with Gasteiger partial charge in [-0.3, -0.25) is 5.10 Å². The molecule has 2 aromatic rings. The van der Waals surface area contributed by atoms with Gasteiger partial charge >= 0.3 is 0 Å². The van der Waals surface area contributed by atoms with Gasteiger partial charge in [-0.25, -0.2) is 0 Å². The zero-order valence-corrected chi connectivity index (χ0v) is 10.3. The van der Waals surface area contributed by atoms with Crippen molar-refractivity contribution in [2.45, 2.75) is 25.3 Å². The summed E-state index contributed by atoms with van der Waals surface area (Å²) in [6.45, 7) is 1.13. The number of H-pyrrole nitrogens is 1. The summed E-state index contributed by atoms with van der Waals surface area (Å²) in [5, 5.41) is 11.1. The van der Waals surface area contributed by atoms with E-state index in [-0.39, 0.29) is 0 Å². The fourth-order valence-corrected chi connectivity index (χ4v) is 3.33. The molecule has 0 aromatic carbocycles. The van der Waals surface area contributed by atoms with Crippen LogP contribution >= 0.6 is 0 Å². The Balaban J connectivity index is 1.85. The second kappa shape index (κ2) is 3.57. The molecule has 6 nitrogen and oxygen atoms in total. The van der Waals surface area contributed by atoms with Crippen molar-refractivity contribution in [2.24, 2.45) is 5.92 Å². The first-order chi connectivity index (χ1) is 8.85. The van der Waals surface area contributed by atoms with E-state index < -0.39 is 0 Å². The fraction of sp³-hybridized carbons (Fsp3) is 0.583. The number of anilines is 2. The Labute approximate surface area is 105 Å². The lowest BCUT2D eigenvalue weighted by molar-refractivity contribution is 0.551. The minimum Gasteiger partial charge on any atom is -0.357 e. The van der Waals surface area contributed by atoms with Crippen LogP contribution in [0.15, 0.2) is 6.20 Å². The molecule has 2 bridgehead atoms. The molecule has 18 heavy (non-hydrogen) atoms. The highest BCUT2D eigenvalue weighted by atomic mass is 15.3. The third kappa shape index (κ3) is 1.31. The average molecular weight is 244 g/mol. The number of aromatic amines is 1. The molecular weight excluding hydrogens is 228 g/mol. The molecule has 2 atom stereocenters. The molecule has 0 amide bonds. The maximum Gasteiger partial charge on any atom is 0.226 e. The normalized spacial score (nSPS) is 26.2. The zero-order chi connectivity index (χ0) is 12.1. The molecule has 1 aliphatic heterocycles. The minimum atomic E-state index is 0.657. The van der Waals surface area contributed by atoms with Crippen molar-refractivity contribution >= 4 is 22.8 Å². The van der Waals surface area contributed by atoms with Gasteiger partial charge in [0.05, 0.1) is 11.6 Å². The van der Waals surface area contributed by atoms with E-state index in [1.165, 1.54) is 19.3 Å². The molecule has 0 spiro atoms. The minimum absolute atomic E-state index is 0.657. The summed E-state index contributed by atoms with van der Waals surface area (Å²) in [5.74, 6) is 2.54. The average Bonchev–Trinajstić information content (AvgIpc) is 3.12. The first kappa shape index (κ1) is 10.1. The summed E-state index contributed by atoms with van der Waals surface area (Å²) in [4.78, 5) is 11.5. The van der Waals surface area contributed by atoms with E-state index in [1.54, 1.807) is 0 Å². The lowest BCUT2D eigenvalue weighted by Crippen LogP contribution is -2.32. The van der Waals surface area contributed by atoms with Gasteiger partial charge in [-0.1, -0.05) is 0 Å². The van der Waals surface area contributed by atoms with Crippen LogP contribution in [0.2, 0.25) is 0 Å². The Morgan fingerprint density at radius 1 is 1.39 bits per heavy atom. The summed E-state index contributed by atoms with van der Waals surface area (Å²) in [6.07, 6.45) is 5.82. The van der Waals surface area contributed by atoms with Crippen molar-refractivity contribution in [1.29, 1.82) is 0 Å². The quantitative estimate of drug-likeness (QED) is 0.835. The number of nitrogens with zero attached hydrogens (tertiary/aromatic N) is 4. The highest BCUT2D eigenvalue weighted by Gasteiger charge is 2.39. The van der Waals surface area contributed by atoms with E-state index in [9.17, 15) is 0 Å². The molecule has 0 radical (unpaired) electrons. The predicted octanol–water partition coefficient (Wildman–Crippen LogP) is 1.38. The van der Waals surface area contributed by atoms with Gasteiger partial charge in [-0.15, -0.1) is 0 Å². The van der Waals surface area contributed by atoms with Crippen LogP contribution in [0.5, 0.6) is 0 Å². The smallest absolute Gasteiger partial charge is 0.226 e. The number of fused-ring (bicyclic) bond motifs is 3. The topological polar surface area (TPSA) is 69.7 Å². The van der Waals surface area contributed by atoms with Crippen LogP contribution in [0.3, 0.4) is 0 Å². The van der Waals surface area contributed by atoms with E-state index in [0.717, 1.165) is 29.3 Å². The van der Waals surface area contributed by atoms with Gasteiger partial charge in [0.2, 0.25) is 5.95 Å². The largest absolute Gasteiger partial charge is 0.357 e. The van der Waals surface area contributed by atoms with Gasteiger partial charge in [0, 0.05) is 19.6 Å². The van der Waals surface area contributed by atoms with Crippen molar-refractivity contribution in [3.05, 3.63) is 6.20 Å². The number of hydrogen-bond donors (Lipinski definition) is 2. The highest BCUT2D eigenvalue weighted by molar-refractivity contribution is 5.87. The van der Waals surface area contributed by atoms with E-state index in [0.29, 0.717) is 12.0 Å². The molecule has 6 heteroatoms. The molecule has 1 aliphatic carbocycles.